The lowest BCUT2D eigenvalue weighted by atomic mass is 10.1. The summed E-state index contributed by atoms with van der Waals surface area (Å²) in [7, 11) is 0. The molecule has 96 valence electrons. The van der Waals surface area contributed by atoms with Gasteiger partial charge in [-0.15, -0.1) is 0 Å². The van der Waals surface area contributed by atoms with Gasteiger partial charge in [-0.25, -0.2) is 4.98 Å². The van der Waals surface area contributed by atoms with Crippen molar-refractivity contribution in [2.75, 3.05) is 0 Å². The second-order valence-corrected chi connectivity index (χ2v) is 4.51. The van der Waals surface area contributed by atoms with Crippen molar-refractivity contribution in [3.05, 3.63) is 30.1 Å². The Morgan fingerprint density at radius 3 is 2.78 bits per heavy atom. The maximum atomic E-state index is 11.3. The molecule has 0 aliphatic carbocycles. The monoisotopic (exact) mass is 244 g/mol. The van der Waals surface area contributed by atoms with Crippen molar-refractivity contribution in [2.45, 2.75) is 46.1 Å². The fourth-order valence-electron chi connectivity index (χ4n) is 2.29. The molecule has 0 spiro atoms. The van der Waals surface area contributed by atoms with Crippen LogP contribution < -0.4 is 0 Å². The van der Waals surface area contributed by atoms with Crippen molar-refractivity contribution in [3.8, 4) is 0 Å². The maximum absolute atomic E-state index is 11.3. The van der Waals surface area contributed by atoms with Crippen molar-refractivity contribution in [2.24, 2.45) is 0 Å². The van der Waals surface area contributed by atoms with Crippen molar-refractivity contribution in [1.29, 1.82) is 0 Å². The second-order valence-electron chi connectivity index (χ2n) is 4.51. The first-order valence-electron chi connectivity index (χ1n) is 6.72. The van der Waals surface area contributed by atoms with Crippen LogP contribution in [-0.4, -0.2) is 15.3 Å². The molecule has 1 aromatic carbocycles. The summed E-state index contributed by atoms with van der Waals surface area (Å²) in [5, 5.41) is 0. The number of hydrogen-bond donors (Lipinski definition) is 0. The van der Waals surface area contributed by atoms with Gasteiger partial charge in [0.1, 0.15) is 11.6 Å². The molecule has 0 bridgehead atoms. The molecular formula is C15H20N2O. The second kappa shape index (κ2) is 5.80. The third-order valence-corrected chi connectivity index (χ3v) is 3.30. The van der Waals surface area contributed by atoms with Gasteiger partial charge in [0, 0.05) is 25.8 Å². The summed E-state index contributed by atoms with van der Waals surface area (Å²) in [5.74, 6) is 1.44. The van der Waals surface area contributed by atoms with Crippen molar-refractivity contribution < 1.29 is 4.79 Å². The van der Waals surface area contributed by atoms with E-state index in [0.29, 0.717) is 18.6 Å². The molecule has 2 aromatic rings. The van der Waals surface area contributed by atoms with E-state index in [9.17, 15) is 4.79 Å². The summed E-state index contributed by atoms with van der Waals surface area (Å²) in [4.78, 5) is 16.0. The van der Waals surface area contributed by atoms with Gasteiger partial charge in [0.05, 0.1) is 11.0 Å². The van der Waals surface area contributed by atoms with E-state index in [2.05, 4.69) is 22.5 Å². The van der Waals surface area contributed by atoms with Gasteiger partial charge in [-0.05, 0) is 25.5 Å². The molecule has 0 saturated carbocycles. The molecule has 0 amide bonds. The quantitative estimate of drug-likeness (QED) is 0.781. The number of carbonyl (C=O) groups excluding carboxylic acids is 1. The van der Waals surface area contributed by atoms with Crippen LogP contribution in [0.1, 0.15) is 38.9 Å². The fraction of sp³-hybridized carbons (Fsp3) is 0.467. The predicted octanol–water partition coefficient (Wildman–Crippen LogP) is 3.36. The summed E-state index contributed by atoms with van der Waals surface area (Å²) >= 11 is 0. The lowest BCUT2D eigenvalue weighted by Crippen LogP contribution is -2.03. The van der Waals surface area contributed by atoms with E-state index in [1.165, 1.54) is 5.52 Å². The highest BCUT2D eigenvalue weighted by Gasteiger charge is 2.09. The molecule has 3 nitrogen and oxygen atoms in total. The Labute approximate surface area is 108 Å². The molecule has 3 heteroatoms. The first-order valence-corrected chi connectivity index (χ1v) is 6.72. The van der Waals surface area contributed by atoms with Gasteiger partial charge in [0.15, 0.2) is 0 Å². The van der Waals surface area contributed by atoms with Gasteiger partial charge >= 0.3 is 0 Å². The van der Waals surface area contributed by atoms with Crippen LogP contribution in [0.25, 0.3) is 11.0 Å². The SMILES string of the molecule is CCC(=O)CCCc1nc2ccccc2n1CC. The van der Waals surface area contributed by atoms with Gasteiger partial charge < -0.3 is 4.57 Å². The topological polar surface area (TPSA) is 34.9 Å². The highest BCUT2D eigenvalue weighted by atomic mass is 16.1. The van der Waals surface area contributed by atoms with Crippen LogP contribution in [0.5, 0.6) is 0 Å². The minimum Gasteiger partial charge on any atom is -0.328 e. The first kappa shape index (κ1) is 12.8. The molecule has 0 radical (unpaired) electrons. The zero-order valence-electron chi connectivity index (χ0n) is 11.1. The summed E-state index contributed by atoms with van der Waals surface area (Å²) in [5.41, 5.74) is 2.24. The lowest BCUT2D eigenvalue weighted by molar-refractivity contribution is -0.118. The standard InChI is InChI=1S/C15H20N2O/c1-3-12(18)8-7-11-15-16-13-9-5-6-10-14(13)17(15)4-2/h5-6,9-10H,3-4,7-8,11H2,1-2H3. The van der Waals surface area contributed by atoms with Crippen LogP contribution in [0.4, 0.5) is 0 Å². The predicted molar refractivity (Wildman–Crippen MR) is 73.6 cm³/mol. The van der Waals surface area contributed by atoms with E-state index in [4.69, 9.17) is 0 Å². The Morgan fingerprint density at radius 2 is 2.06 bits per heavy atom. The average Bonchev–Trinajstić information content (AvgIpc) is 2.75. The first-order chi connectivity index (χ1) is 8.76. The number of benzene rings is 1. The Kier molecular flexibility index (Phi) is 4.13. The molecule has 0 N–H and O–H groups in total. The molecule has 0 atom stereocenters. The van der Waals surface area contributed by atoms with Gasteiger partial charge in [-0.1, -0.05) is 19.1 Å². The summed E-state index contributed by atoms with van der Waals surface area (Å²) in [6.45, 7) is 4.98. The van der Waals surface area contributed by atoms with Gasteiger partial charge in [0.2, 0.25) is 0 Å². The van der Waals surface area contributed by atoms with Crippen LogP contribution in [-0.2, 0) is 17.8 Å². The van der Waals surface area contributed by atoms with E-state index in [-0.39, 0.29) is 0 Å². The molecule has 1 aromatic heterocycles. The number of para-hydroxylation sites is 2. The number of Topliss-reactive ketones (excluding diaryl/α,β-unsaturated/α-hetero) is 1. The maximum Gasteiger partial charge on any atom is 0.132 e. The number of rotatable bonds is 6. The van der Waals surface area contributed by atoms with Crippen molar-refractivity contribution >= 4 is 16.8 Å². The Hall–Kier alpha value is -1.64. The zero-order chi connectivity index (χ0) is 13.0. The van der Waals surface area contributed by atoms with Crippen molar-refractivity contribution in [3.63, 3.8) is 0 Å². The Morgan fingerprint density at radius 1 is 1.28 bits per heavy atom. The molecule has 1 heterocycles. The lowest BCUT2D eigenvalue weighted by Gasteiger charge is -2.05. The number of nitrogens with zero attached hydrogens (tertiary/aromatic N) is 2. The van der Waals surface area contributed by atoms with E-state index >= 15 is 0 Å². The van der Waals surface area contributed by atoms with Crippen molar-refractivity contribution in [1.82, 2.24) is 9.55 Å². The summed E-state index contributed by atoms with van der Waals surface area (Å²) < 4.78 is 2.24. The highest BCUT2D eigenvalue weighted by Crippen LogP contribution is 2.17. The molecular weight excluding hydrogens is 224 g/mol. The summed E-state index contributed by atoms with van der Waals surface area (Å²) in [6.07, 6.45) is 3.10. The molecule has 0 fully saturated rings. The number of fused-ring (bicyclic) bond motifs is 1. The van der Waals surface area contributed by atoms with Gasteiger partial charge in [0.25, 0.3) is 0 Å². The van der Waals surface area contributed by atoms with Gasteiger partial charge in [-0.2, -0.15) is 0 Å². The van der Waals surface area contributed by atoms with Gasteiger partial charge in [-0.3, -0.25) is 4.79 Å². The fourth-order valence-corrected chi connectivity index (χ4v) is 2.29. The largest absolute Gasteiger partial charge is 0.328 e. The zero-order valence-corrected chi connectivity index (χ0v) is 11.1. The average molecular weight is 244 g/mol. The normalized spacial score (nSPS) is 11.0. The number of ketones is 1. The smallest absolute Gasteiger partial charge is 0.132 e. The Balaban J connectivity index is 2.15. The minimum atomic E-state index is 0.342. The number of carbonyl (C=O) groups is 1. The molecule has 18 heavy (non-hydrogen) atoms. The summed E-state index contributed by atoms with van der Waals surface area (Å²) in [6, 6.07) is 8.20. The molecule has 2 rings (SSSR count). The molecule has 0 unspecified atom stereocenters. The highest BCUT2D eigenvalue weighted by molar-refractivity contribution is 5.78. The number of aromatic nitrogens is 2. The molecule has 0 saturated heterocycles. The number of hydrogen-bond acceptors (Lipinski definition) is 2. The Bertz CT molecular complexity index is 542. The minimum absolute atomic E-state index is 0.342. The van der Waals surface area contributed by atoms with Crippen LogP contribution in [0.3, 0.4) is 0 Å². The number of aryl methyl sites for hydroxylation is 2. The molecule has 0 aliphatic heterocycles. The van der Waals surface area contributed by atoms with E-state index in [1.807, 2.05) is 25.1 Å². The van der Waals surface area contributed by atoms with E-state index < -0.39 is 0 Å². The van der Waals surface area contributed by atoms with Crippen LogP contribution in [0.15, 0.2) is 24.3 Å². The number of imidazole rings is 1. The third-order valence-electron chi connectivity index (χ3n) is 3.30. The van der Waals surface area contributed by atoms with E-state index in [1.54, 1.807) is 0 Å². The van der Waals surface area contributed by atoms with Crippen LogP contribution in [0, 0.1) is 0 Å². The van der Waals surface area contributed by atoms with Crippen LogP contribution in [0.2, 0.25) is 0 Å². The third kappa shape index (κ3) is 2.61. The van der Waals surface area contributed by atoms with E-state index in [0.717, 1.165) is 30.7 Å². The van der Waals surface area contributed by atoms with Crippen LogP contribution >= 0.6 is 0 Å². The molecule has 0 aliphatic rings.